The molecule has 2 atom stereocenters. The molecule has 2 aromatic rings. The highest BCUT2D eigenvalue weighted by molar-refractivity contribution is 5.69. The lowest BCUT2D eigenvalue weighted by Crippen LogP contribution is -2.47. The summed E-state index contributed by atoms with van der Waals surface area (Å²) in [7, 11) is 2.34. The summed E-state index contributed by atoms with van der Waals surface area (Å²) in [5, 5.41) is 0. The summed E-state index contributed by atoms with van der Waals surface area (Å²) in [5.74, 6) is 0.984. The van der Waals surface area contributed by atoms with Crippen molar-refractivity contribution in [3.63, 3.8) is 0 Å². The van der Waals surface area contributed by atoms with Gasteiger partial charge in [-0.15, -0.1) is 0 Å². The van der Waals surface area contributed by atoms with Gasteiger partial charge >= 0.3 is 0 Å². The highest BCUT2D eigenvalue weighted by Gasteiger charge is 2.52. The molecule has 0 heterocycles. The molecule has 0 aromatic heterocycles. The van der Waals surface area contributed by atoms with Gasteiger partial charge in [0.2, 0.25) is 0 Å². The average molecular weight is 322 g/mol. The molecule has 0 saturated heterocycles. The van der Waals surface area contributed by atoms with Crippen LogP contribution in [0.15, 0.2) is 54.6 Å². The lowest BCUT2D eigenvalue weighted by molar-refractivity contribution is -0.917. The molecule has 126 valence electrons. The van der Waals surface area contributed by atoms with E-state index in [0.29, 0.717) is 12.1 Å². The largest absolute Gasteiger partial charge is 0.484 e. The first-order valence-corrected chi connectivity index (χ1v) is 8.98. The third kappa shape index (κ3) is 3.88. The van der Waals surface area contributed by atoms with Crippen LogP contribution in [-0.2, 0) is 0 Å². The third-order valence-corrected chi connectivity index (χ3v) is 5.38. The van der Waals surface area contributed by atoms with Crippen LogP contribution in [0.1, 0.15) is 31.4 Å². The van der Waals surface area contributed by atoms with Crippen molar-refractivity contribution in [1.82, 2.24) is 0 Å². The van der Waals surface area contributed by atoms with Gasteiger partial charge in [-0.3, -0.25) is 0 Å². The van der Waals surface area contributed by atoms with Gasteiger partial charge in [0.25, 0.3) is 0 Å². The van der Waals surface area contributed by atoms with Crippen molar-refractivity contribution in [2.45, 2.75) is 32.4 Å². The molecular formula is C22H28NO+. The maximum atomic E-state index is 6.17. The van der Waals surface area contributed by atoms with Crippen LogP contribution in [0.4, 0.5) is 0 Å². The fraction of sp³-hybridized carbons (Fsp3) is 0.364. The predicted molar refractivity (Wildman–Crippen MR) is 102 cm³/mol. The normalized spacial score (nSPS) is 20.3. The SMILES string of the molecule is CC[N+](C)(CC)[C@@H]1C[C@H]1Oc1ccc(/C=C/c2ccccc2)cc1. The number of nitrogens with zero attached hydrogens (tertiary/aromatic N) is 1. The fourth-order valence-electron chi connectivity index (χ4n) is 3.22. The summed E-state index contributed by atoms with van der Waals surface area (Å²) in [6.07, 6.45) is 5.83. The standard InChI is InChI=1S/C22H28NO/c1-4-23(3,5-2)21-17-22(21)24-20-15-13-19(14-16-20)12-11-18-9-7-6-8-10-18/h6-16,21-22H,4-5,17H2,1-3H3/q+1/b12-11+/t21-,22-/m1/s1. The smallest absolute Gasteiger partial charge is 0.156 e. The second kappa shape index (κ2) is 7.23. The lowest BCUT2D eigenvalue weighted by Gasteiger charge is -2.32. The van der Waals surface area contributed by atoms with E-state index in [1.807, 2.05) is 6.07 Å². The van der Waals surface area contributed by atoms with Crippen LogP contribution < -0.4 is 4.74 Å². The van der Waals surface area contributed by atoms with E-state index in [4.69, 9.17) is 4.74 Å². The molecule has 2 heteroatoms. The predicted octanol–water partition coefficient (Wildman–Crippen LogP) is 4.86. The molecule has 0 bridgehead atoms. The average Bonchev–Trinajstić information content (AvgIpc) is 3.41. The molecule has 24 heavy (non-hydrogen) atoms. The minimum Gasteiger partial charge on any atom is -0.484 e. The van der Waals surface area contributed by atoms with Crippen LogP contribution in [-0.4, -0.2) is 36.8 Å². The Bertz CT molecular complexity index is 671. The summed E-state index contributed by atoms with van der Waals surface area (Å²) in [5.41, 5.74) is 2.41. The highest BCUT2D eigenvalue weighted by atomic mass is 16.5. The van der Waals surface area contributed by atoms with E-state index < -0.39 is 0 Å². The van der Waals surface area contributed by atoms with Crippen molar-refractivity contribution >= 4 is 12.2 Å². The zero-order valence-corrected chi connectivity index (χ0v) is 15.0. The maximum absolute atomic E-state index is 6.17. The van der Waals surface area contributed by atoms with E-state index in [-0.39, 0.29) is 0 Å². The molecule has 1 fully saturated rings. The molecule has 0 amide bonds. The molecule has 1 aliphatic carbocycles. The summed E-state index contributed by atoms with van der Waals surface area (Å²) in [4.78, 5) is 0. The van der Waals surface area contributed by atoms with E-state index in [1.165, 1.54) is 30.6 Å². The molecular weight excluding hydrogens is 294 g/mol. The zero-order chi connectivity index (χ0) is 17.0. The van der Waals surface area contributed by atoms with Crippen LogP contribution in [0, 0.1) is 0 Å². The number of rotatable bonds is 7. The minimum atomic E-state index is 0.376. The highest BCUT2D eigenvalue weighted by Crippen LogP contribution is 2.36. The molecule has 0 radical (unpaired) electrons. The van der Waals surface area contributed by atoms with Crippen LogP contribution >= 0.6 is 0 Å². The number of quaternary nitrogens is 1. The molecule has 0 N–H and O–H groups in total. The Morgan fingerprint density at radius 1 is 0.917 bits per heavy atom. The first kappa shape index (κ1) is 16.8. The van der Waals surface area contributed by atoms with Crippen molar-refractivity contribution in [3.8, 4) is 5.75 Å². The van der Waals surface area contributed by atoms with Crippen LogP contribution in [0.25, 0.3) is 12.2 Å². The van der Waals surface area contributed by atoms with Crippen molar-refractivity contribution in [2.75, 3.05) is 20.1 Å². The topological polar surface area (TPSA) is 9.23 Å². The van der Waals surface area contributed by atoms with E-state index in [0.717, 1.165) is 10.2 Å². The number of likely N-dealkylation sites (N-methyl/N-ethyl adjacent to an activating group) is 1. The summed E-state index contributed by atoms with van der Waals surface area (Å²) in [6.45, 7) is 6.88. The molecule has 1 aliphatic rings. The van der Waals surface area contributed by atoms with Gasteiger partial charge in [0, 0.05) is 6.42 Å². The van der Waals surface area contributed by atoms with Gasteiger partial charge in [-0.1, -0.05) is 54.6 Å². The van der Waals surface area contributed by atoms with Gasteiger partial charge in [-0.2, -0.15) is 0 Å². The maximum Gasteiger partial charge on any atom is 0.156 e. The Labute approximate surface area is 146 Å². The number of ether oxygens (including phenoxy) is 1. The second-order valence-corrected chi connectivity index (χ2v) is 6.88. The van der Waals surface area contributed by atoms with Gasteiger partial charge in [0.05, 0.1) is 20.1 Å². The van der Waals surface area contributed by atoms with Crippen LogP contribution in [0.2, 0.25) is 0 Å². The van der Waals surface area contributed by atoms with E-state index >= 15 is 0 Å². The number of benzene rings is 2. The molecule has 1 saturated carbocycles. The Balaban J connectivity index is 1.57. The van der Waals surface area contributed by atoms with Gasteiger partial charge in [-0.05, 0) is 37.1 Å². The van der Waals surface area contributed by atoms with Gasteiger partial charge < -0.3 is 9.22 Å². The number of hydrogen-bond acceptors (Lipinski definition) is 1. The lowest BCUT2D eigenvalue weighted by atomic mass is 10.1. The molecule has 3 rings (SSSR count). The van der Waals surface area contributed by atoms with Gasteiger partial charge in [0.15, 0.2) is 6.10 Å². The molecule has 0 unspecified atom stereocenters. The third-order valence-electron chi connectivity index (χ3n) is 5.38. The number of hydrogen-bond donors (Lipinski definition) is 0. The fourth-order valence-corrected chi connectivity index (χ4v) is 3.22. The Hall–Kier alpha value is -2.06. The van der Waals surface area contributed by atoms with Gasteiger partial charge in [0.1, 0.15) is 11.8 Å². The van der Waals surface area contributed by atoms with Crippen LogP contribution in [0.3, 0.4) is 0 Å². The van der Waals surface area contributed by atoms with E-state index in [9.17, 15) is 0 Å². The Morgan fingerprint density at radius 2 is 1.50 bits per heavy atom. The Morgan fingerprint density at radius 3 is 2.08 bits per heavy atom. The first-order valence-electron chi connectivity index (χ1n) is 8.98. The molecule has 0 spiro atoms. The van der Waals surface area contributed by atoms with Crippen molar-refractivity contribution in [1.29, 1.82) is 0 Å². The molecule has 2 nitrogen and oxygen atoms in total. The molecule has 2 aromatic carbocycles. The van der Waals surface area contributed by atoms with Gasteiger partial charge in [-0.25, -0.2) is 0 Å². The summed E-state index contributed by atoms with van der Waals surface area (Å²) >= 11 is 0. The first-order chi connectivity index (χ1) is 11.6. The van der Waals surface area contributed by atoms with Crippen molar-refractivity contribution in [2.24, 2.45) is 0 Å². The second-order valence-electron chi connectivity index (χ2n) is 6.88. The minimum absolute atomic E-state index is 0.376. The Kier molecular flexibility index (Phi) is 5.06. The van der Waals surface area contributed by atoms with Crippen molar-refractivity contribution < 1.29 is 9.22 Å². The zero-order valence-electron chi connectivity index (χ0n) is 15.0. The monoisotopic (exact) mass is 322 g/mol. The van der Waals surface area contributed by atoms with E-state index in [2.05, 4.69) is 81.6 Å². The quantitative estimate of drug-likeness (QED) is 0.522. The summed E-state index contributed by atoms with van der Waals surface area (Å²) < 4.78 is 7.28. The van der Waals surface area contributed by atoms with Crippen LogP contribution in [0.5, 0.6) is 5.75 Å². The summed E-state index contributed by atoms with van der Waals surface area (Å²) in [6, 6.07) is 19.4. The van der Waals surface area contributed by atoms with E-state index in [1.54, 1.807) is 0 Å². The molecule has 0 aliphatic heterocycles. The van der Waals surface area contributed by atoms with Crippen molar-refractivity contribution in [3.05, 3.63) is 65.7 Å².